The topological polar surface area (TPSA) is 47.8 Å². The summed E-state index contributed by atoms with van der Waals surface area (Å²) in [6.45, 7) is 4.62. The standard InChI is InChI=1S/C13H14BrN3O/c1-3-7-17-12(11(14)8-16-17)13(18)10-5-4-6-15-9(10)2/h4-6,8H,3,7H2,1-2H3. The number of pyridine rings is 1. The van der Waals surface area contributed by atoms with Crippen molar-refractivity contribution in [2.24, 2.45) is 0 Å². The molecule has 2 aromatic heterocycles. The van der Waals surface area contributed by atoms with E-state index in [1.165, 1.54) is 0 Å². The van der Waals surface area contributed by atoms with Crippen molar-refractivity contribution in [3.8, 4) is 0 Å². The molecule has 0 N–H and O–H groups in total. The van der Waals surface area contributed by atoms with E-state index in [2.05, 4.69) is 32.9 Å². The van der Waals surface area contributed by atoms with Crippen LogP contribution in [-0.2, 0) is 6.54 Å². The van der Waals surface area contributed by atoms with Gasteiger partial charge in [-0.05, 0) is 41.4 Å². The molecule has 0 saturated heterocycles. The highest BCUT2D eigenvalue weighted by atomic mass is 79.9. The van der Waals surface area contributed by atoms with Crippen molar-refractivity contribution in [1.82, 2.24) is 14.8 Å². The van der Waals surface area contributed by atoms with Crippen molar-refractivity contribution in [3.63, 3.8) is 0 Å². The number of carbonyl (C=O) groups excluding carboxylic acids is 1. The molecule has 0 radical (unpaired) electrons. The third-order valence-corrected chi connectivity index (χ3v) is 3.28. The maximum absolute atomic E-state index is 12.5. The van der Waals surface area contributed by atoms with Crippen LogP contribution < -0.4 is 0 Å². The maximum Gasteiger partial charge on any atom is 0.214 e. The summed E-state index contributed by atoms with van der Waals surface area (Å²) in [5, 5.41) is 4.21. The van der Waals surface area contributed by atoms with Gasteiger partial charge in [-0.25, -0.2) is 0 Å². The van der Waals surface area contributed by atoms with Gasteiger partial charge >= 0.3 is 0 Å². The number of carbonyl (C=O) groups is 1. The van der Waals surface area contributed by atoms with Gasteiger partial charge in [-0.2, -0.15) is 5.10 Å². The van der Waals surface area contributed by atoms with Gasteiger partial charge in [-0.1, -0.05) is 6.92 Å². The highest BCUT2D eigenvalue weighted by Crippen LogP contribution is 2.21. The first-order chi connectivity index (χ1) is 8.65. The molecule has 4 nitrogen and oxygen atoms in total. The van der Waals surface area contributed by atoms with E-state index >= 15 is 0 Å². The molecule has 0 aliphatic carbocycles. The number of ketones is 1. The fourth-order valence-electron chi connectivity index (χ4n) is 1.82. The van der Waals surface area contributed by atoms with Crippen LogP contribution >= 0.6 is 15.9 Å². The summed E-state index contributed by atoms with van der Waals surface area (Å²) < 4.78 is 2.46. The molecule has 0 atom stereocenters. The smallest absolute Gasteiger partial charge is 0.214 e. The van der Waals surface area contributed by atoms with Crippen molar-refractivity contribution in [1.29, 1.82) is 0 Å². The van der Waals surface area contributed by atoms with Gasteiger partial charge in [0.15, 0.2) is 0 Å². The van der Waals surface area contributed by atoms with Gasteiger partial charge in [0.25, 0.3) is 0 Å². The van der Waals surface area contributed by atoms with Crippen molar-refractivity contribution >= 4 is 21.7 Å². The van der Waals surface area contributed by atoms with E-state index in [0.717, 1.165) is 23.1 Å². The number of aryl methyl sites for hydroxylation is 2. The van der Waals surface area contributed by atoms with Gasteiger partial charge in [-0.3, -0.25) is 14.5 Å². The Labute approximate surface area is 114 Å². The fraction of sp³-hybridized carbons (Fsp3) is 0.308. The number of rotatable bonds is 4. The lowest BCUT2D eigenvalue weighted by Crippen LogP contribution is -2.13. The normalized spacial score (nSPS) is 10.6. The van der Waals surface area contributed by atoms with E-state index in [1.54, 1.807) is 29.2 Å². The highest BCUT2D eigenvalue weighted by Gasteiger charge is 2.20. The van der Waals surface area contributed by atoms with Crippen LogP contribution in [0.25, 0.3) is 0 Å². The van der Waals surface area contributed by atoms with Crippen molar-refractivity contribution in [2.75, 3.05) is 0 Å². The first kappa shape index (κ1) is 13.0. The summed E-state index contributed by atoms with van der Waals surface area (Å²) in [5.74, 6) is -0.0431. The van der Waals surface area contributed by atoms with Crippen LogP contribution in [0, 0.1) is 6.92 Å². The molecule has 2 aromatic rings. The Morgan fingerprint density at radius 1 is 1.50 bits per heavy atom. The Kier molecular flexibility index (Phi) is 3.91. The van der Waals surface area contributed by atoms with Crippen LogP contribution in [0.4, 0.5) is 0 Å². The minimum atomic E-state index is -0.0431. The van der Waals surface area contributed by atoms with Gasteiger partial charge in [0.05, 0.1) is 10.7 Å². The second-order valence-corrected chi connectivity index (χ2v) is 4.88. The molecule has 2 heterocycles. The largest absolute Gasteiger partial charge is 0.287 e. The van der Waals surface area contributed by atoms with Crippen molar-refractivity contribution in [2.45, 2.75) is 26.8 Å². The van der Waals surface area contributed by atoms with E-state index in [4.69, 9.17) is 0 Å². The Hall–Kier alpha value is -1.49. The summed E-state index contributed by atoms with van der Waals surface area (Å²) in [4.78, 5) is 16.7. The number of halogens is 1. The molecule has 0 bridgehead atoms. The van der Waals surface area contributed by atoms with Gasteiger partial charge in [0.2, 0.25) is 5.78 Å². The van der Waals surface area contributed by atoms with E-state index < -0.39 is 0 Å². The van der Waals surface area contributed by atoms with Crippen LogP contribution in [0.3, 0.4) is 0 Å². The second kappa shape index (κ2) is 5.44. The first-order valence-corrected chi connectivity index (χ1v) is 6.62. The zero-order valence-corrected chi connectivity index (χ0v) is 11.9. The Balaban J connectivity index is 2.46. The summed E-state index contributed by atoms with van der Waals surface area (Å²) in [6, 6.07) is 3.56. The van der Waals surface area contributed by atoms with Gasteiger partial charge in [0, 0.05) is 24.0 Å². The van der Waals surface area contributed by atoms with Crippen LogP contribution in [0.2, 0.25) is 0 Å². The fourth-order valence-corrected chi connectivity index (χ4v) is 2.30. The van der Waals surface area contributed by atoms with Gasteiger partial charge in [0.1, 0.15) is 5.69 Å². The lowest BCUT2D eigenvalue weighted by Gasteiger charge is -2.07. The molecule has 94 valence electrons. The number of hydrogen-bond acceptors (Lipinski definition) is 3. The Morgan fingerprint density at radius 2 is 2.28 bits per heavy atom. The lowest BCUT2D eigenvalue weighted by atomic mass is 10.1. The molecular weight excluding hydrogens is 294 g/mol. The maximum atomic E-state index is 12.5. The highest BCUT2D eigenvalue weighted by molar-refractivity contribution is 9.10. The monoisotopic (exact) mass is 307 g/mol. The molecule has 0 saturated carbocycles. The molecule has 0 aromatic carbocycles. The second-order valence-electron chi connectivity index (χ2n) is 4.03. The molecule has 0 amide bonds. The summed E-state index contributed by atoms with van der Waals surface area (Å²) in [5.41, 5.74) is 1.95. The molecule has 18 heavy (non-hydrogen) atoms. The minimum Gasteiger partial charge on any atom is -0.287 e. The summed E-state index contributed by atoms with van der Waals surface area (Å²) in [7, 11) is 0. The minimum absolute atomic E-state index is 0.0431. The molecule has 0 spiro atoms. The first-order valence-electron chi connectivity index (χ1n) is 5.82. The zero-order chi connectivity index (χ0) is 13.1. The van der Waals surface area contributed by atoms with E-state index in [-0.39, 0.29) is 5.78 Å². The van der Waals surface area contributed by atoms with Crippen LogP contribution in [0.5, 0.6) is 0 Å². The summed E-state index contributed by atoms with van der Waals surface area (Å²) >= 11 is 3.39. The number of nitrogens with zero attached hydrogens (tertiary/aromatic N) is 3. The third kappa shape index (κ3) is 2.36. The SMILES string of the molecule is CCCn1ncc(Br)c1C(=O)c1cccnc1C. The lowest BCUT2D eigenvalue weighted by molar-refractivity contribution is 0.102. The van der Waals surface area contributed by atoms with E-state index in [9.17, 15) is 4.79 Å². The Bertz CT molecular complexity index is 577. The van der Waals surface area contributed by atoms with Crippen LogP contribution in [-0.4, -0.2) is 20.5 Å². The van der Waals surface area contributed by atoms with E-state index in [1.807, 2.05) is 6.92 Å². The molecule has 2 rings (SSSR count). The average Bonchev–Trinajstić information content (AvgIpc) is 2.71. The predicted octanol–water partition coefficient (Wildman–Crippen LogP) is 2.99. The van der Waals surface area contributed by atoms with Crippen LogP contribution in [0.1, 0.15) is 35.1 Å². The van der Waals surface area contributed by atoms with E-state index in [0.29, 0.717) is 11.3 Å². The molecular formula is C13H14BrN3O. The molecule has 5 heteroatoms. The quantitative estimate of drug-likeness (QED) is 0.816. The predicted molar refractivity (Wildman–Crippen MR) is 72.6 cm³/mol. The number of aromatic nitrogens is 3. The van der Waals surface area contributed by atoms with Gasteiger partial charge in [-0.15, -0.1) is 0 Å². The van der Waals surface area contributed by atoms with Gasteiger partial charge < -0.3 is 0 Å². The van der Waals surface area contributed by atoms with Crippen molar-refractivity contribution < 1.29 is 4.79 Å². The summed E-state index contributed by atoms with van der Waals surface area (Å²) in [6.07, 6.45) is 4.28. The van der Waals surface area contributed by atoms with Crippen molar-refractivity contribution in [3.05, 3.63) is 46.0 Å². The average molecular weight is 308 g/mol. The molecule has 0 fully saturated rings. The molecule has 0 unspecified atom stereocenters. The number of hydrogen-bond donors (Lipinski definition) is 0. The molecule has 0 aliphatic heterocycles. The zero-order valence-electron chi connectivity index (χ0n) is 10.4. The third-order valence-electron chi connectivity index (χ3n) is 2.70. The Morgan fingerprint density at radius 3 is 2.94 bits per heavy atom. The van der Waals surface area contributed by atoms with Crippen LogP contribution in [0.15, 0.2) is 29.0 Å². The molecule has 0 aliphatic rings.